The molecule has 6 aromatic rings. The molecule has 1 radical (unpaired) electrons. The summed E-state index contributed by atoms with van der Waals surface area (Å²) in [6, 6.07) is 28.4. The number of hydrogen-bond donors (Lipinski definition) is 1. The normalized spacial score (nSPS) is 11.1. The van der Waals surface area contributed by atoms with Gasteiger partial charge >= 0.3 is 0 Å². The van der Waals surface area contributed by atoms with E-state index in [0.29, 0.717) is 17.8 Å². The number of rotatable bonds is 6. The molecule has 0 spiro atoms. The van der Waals surface area contributed by atoms with Gasteiger partial charge < -0.3 is 10.1 Å². The molecule has 0 saturated carbocycles. The van der Waals surface area contributed by atoms with Gasteiger partial charge in [0, 0.05) is 38.7 Å². The predicted octanol–water partition coefficient (Wildman–Crippen LogP) is 11.2. The quantitative estimate of drug-likeness (QED) is 0.171. The van der Waals surface area contributed by atoms with Crippen molar-refractivity contribution in [1.82, 2.24) is 14.5 Å². The maximum atomic E-state index is 10.3. The summed E-state index contributed by atoms with van der Waals surface area (Å²) in [5, 5.41) is 12.8. The molecular weight excluding hydrogens is 755 g/mol. The van der Waals surface area contributed by atoms with Gasteiger partial charge in [-0.15, -0.1) is 34.9 Å². The number of imidazole rings is 1. The zero-order valence-electron chi connectivity index (χ0n) is 29.0. The number of aryl methyl sites for hydroxylation is 3. The summed E-state index contributed by atoms with van der Waals surface area (Å²) in [5.74, 6) is 2.35. The minimum absolute atomic E-state index is 0. The van der Waals surface area contributed by atoms with Crippen molar-refractivity contribution in [2.75, 3.05) is 0 Å². The fourth-order valence-electron chi connectivity index (χ4n) is 6.13. The summed E-state index contributed by atoms with van der Waals surface area (Å²) >= 11 is 0. The summed E-state index contributed by atoms with van der Waals surface area (Å²) in [7, 11) is 0. The van der Waals surface area contributed by atoms with Crippen molar-refractivity contribution in [3.8, 4) is 34.1 Å². The second kappa shape index (κ2) is 15.2. The van der Waals surface area contributed by atoms with Crippen LogP contribution in [0.1, 0.15) is 92.7 Å². The van der Waals surface area contributed by atoms with Crippen LogP contribution in [0.15, 0.2) is 91.4 Å². The Balaban J connectivity index is 0.000000209. The third-order valence-electron chi connectivity index (χ3n) is 8.55. The Morgan fingerprint density at radius 1 is 0.723 bits per heavy atom. The molecule has 1 N–H and O–H groups in total. The molecule has 2 aromatic heterocycles. The first-order valence-electron chi connectivity index (χ1n) is 16.3. The summed E-state index contributed by atoms with van der Waals surface area (Å²) < 4.78 is 2.11. The van der Waals surface area contributed by atoms with E-state index in [1.807, 2.05) is 30.6 Å². The molecule has 0 aliphatic rings. The molecule has 245 valence electrons. The summed E-state index contributed by atoms with van der Waals surface area (Å²) in [5.41, 5.74) is 11.6. The zero-order valence-corrected chi connectivity index (χ0v) is 31.4. The fraction of sp³-hybridized carbons (Fsp3) is 0.286. The topological polar surface area (TPSA) is 50.9 Å². The van der Waals surface area contributed by atoms with Crippen LogP contribution in [0, 0.1) is 26.8 Å². The van der Waals surface area contributed by atoms with Gasteiger partial charge in [0.1, 0.15) is 11.6 Å². The van der Waals surface area contributed by atoms with E-state index >= 15 is 0 Å². The van der Waals surface area contributed by atoms with Crippen molar-refractivity contribution >= 4 is 10.8 Å². The number of phenolic OH excluding ortho intramolecular Hbond substituents is 1. The third-order valence-corrected chi connectivity index (χ3v) is 8.55. The molecule has 0 aliphatic heterocycles. The SMILES string of the molecule is CC(C)c1cccc(C(C)C)c1-n1ccnc1-c1ccccc1O.Cc1[c-]c(-c2ncc(C)c3cc(C(C)C)ccc23)cc(C)c1.[Ir]. The Hall–Kier alpha value is -4.05. The van der Waals surface area contributed by atoms with Crippen molar-refractivity contribution in [3.05, 3.63) is 131 Å². The third kappa shape index (κ3) is 7.75. The van der Waals surface area contributed by atoms with Crippen molar-refractivity contribution in [1.29, 1.82) is 0 Å². The Kier molecular flexibility index (Phi) is 11.6. The van der Waals surface area contributed by atoms with Gasteiger partial charge in [0.25, 0.3) is 0 Å². The Morgan fingerprint density at radius 3 is 2.02 bits per heavy atom. The monoisotopic (exact) mass is 801 g/mol. The van der Waals surface area contributed by atoms with Crippen LogP contribution < -0.4 is 0 Å². The average Bonchev–Trinajstić information content (AvgIpc) is 3.50. The second-order valence-electron chi connectivity index (χ2n) is 13.2. The van der Waals surface area contributed by atoms with Gasteiger partial charge in [0.15, 0.2) is 0 Å². The number of hydrogen-bond acceptors (Lipinski definition) is 3. The van der Waals surface area contributed by atoms with Crippen LogP contribution >= 0.6 is 0 Å². The fourth-order valence-corrected chi connectivity index (χ4v) is 6.13. The van der Waals surface area contributed by atoms with E-state index in [0.717, 1.165) is 28.2 Å². The molecular formula is C42H46IrN3O-. The van der Waals surface area contributed by atoms with Crippen LogP contribution in [0.3, 0.4) is 0 Å². The predicted molar refractivity (Wildman–Crippen MR) is 193 cm³/mol. The number of pyridine rings is 1. The van der Waals surface area contributed by atoms with Crippen molar-refractivity contribution < 1.29 is 25.2 Å². The molecule has 5 heteroatoms. The van der Waals surface area contributed by atoms with Crippen LogP contribution in [0.25, 0.3) is 39.1 Å². The Labute approximate surface area is 294 Å². The maximum absolute atomic E-state index is 10.3. The molecule has 0 amide bonds. The van der Waals surface area contributed by atoms with Crippen LogP contribution in [0.4, 0.5) is 0 Å². The van der Waals surface area contributed by atoms with Gasteiger partial charge in [-0.25, -0.2) is 4.98 Å². The standard InChI is InChI=1S/C21H24N2O.C21H22N.Ir/c1-14(2)16-9-7-10-17(15(3)4)20(16)23-13-12-22-21(23)18-8-5-6-11-19(18)24;1-13(2)17-6-7-19-20(11-17)16(5)12-22-21(19)18-9-14(3)8-15(4)10-18;/h5-15,24H,1-4H3;6-9,11-13H,1-5H3;/q;-1;. The van der Waals surface area contributed by atoms with E-state index in [2.05, 4.69) is 126 Å². The first kappa shape index (κ1) is 35.8. The molecule has 4 nitrogen and oxygen atoms in total. The summed E-state index contributed by atoms with van der Waals surface area (Å²) in [6.45, 7) is 19.6. The van der Waals surface area contributed by atoms with Crippen LogP contribution in [0.5, 0.6) is 5.75 Å². The number of aromatic hydroxyl groups is 1. The Bertz CT molecular complexity index is 1940. The Morgan fingerprint density at radius 2 is 1.40 bits per heavy atom. The molecule has 2 heterocycles. The van der Waals surface area contributed by atoms with Gasteiger partial charge in [0.05, 0.1) is 11.3 Å². The first-order valence-corrected chi connectivity index (χ1v) is 16.3. The average molecular weight is 801 g/mol. The molecule has 47 heavy (non-hydrogen) atoms. The van der Waals surface area contributed by atoms with Crippen molar-refractivity contribution in [2.24, 2.45) is 0 Å². The number of phenols is 1. The number of fused-ring (bicyclic) bond motifs is 1. The van der Waals surface area contributed by atoms with Gasteiger partial charge in [-0.2, -0.15) is 0 Å². The minimum atomic E-state index is 0. The molecule has 0 fully saturated rings. The zero-order chi connectivity index (χ0) is 33.1. The van der Waals surface area contributed by atoms with Crippen molar-refractivity contribution in [2.45, 2.75) is 80.1 Å². The van der Waals surface area contributed by atoms with E-state index in [-0.39, 0.29) is 25.9 Å². The molecule has 0 bridgehead atoms. The van der Waals surface area contributed by atoms with Gasteiger partial charge in [-0.3, -0.25) is 4.57 Å². The summed E-state index contributed by atoms with van der Waals surface area (Å²) in [4.78, 5) is 9.23. The summed E-state index contributed by atoms with van der Waals surface area (Å²) in [6.07, 6.45) is 5.76. The molecule has 0 unspecified atom stereocenters. The number of para-hydroxylation sites is 2. The number of benzene rings is 4. The van der Waals surface area contributed by atoms with Crippen LogP contribution in [0.2, 0.25) is 0 Å². The van der Waals surface area contributed by atoms with Gasteiger partial charge in [-0.1, -0.05) is 104 Å². The van der Waals surface area contributed by atoms with Crippen molar-refractivity contribution in [3.63, 3.8) is 0 Å². The molecule has 0 atom stereocenters. The van der Waals surface area contributed by atoms with Crippen LogP contribution in [-0.2, 0) is 20.1 Å². The van der Waals surface area contributed by atoms with E-state index in [1.54, 1.807) is 12.3 Å². The van der Waals surface area contributed by atoms with Gasteiger partial charge in [-0.05, 0) is 75.5 Å². The maximum Gasteiger partial charge on any atom is 0.148 e. The van der Waals surface area contributed by atoms with E-state index in [9.17, 15) is 5.11 Å². The smallest absolute Gasteiger partial charge is 0.148 e. The molecule has 0 aliphatic carbocycles. The molecule has 0 saturated heterocycles. The number of aromatic nitrogens is 3. The van der Waals surface area contributed by atoms with E-state index in [4.69, 9.17) is 4.98 Å². The largest absolute Gasteiger partial charge is 0.507 e. The molecule has 4 aromatic carbocycles. The van der Waals surface area contributed by atoms with Gasteiger partial charge in [0.2, 0.25) is 0 Å². The minimum Gasteiger partial charge on any atom is -0.507 e. The number of nitrogens with zero attached hydrogens (tertiary/aromatic N) is 3. The first-order chi connectivity index (χ1) is 22.0. The van der Waals surface area contributed by atoms with Crippen LogP contribution in [-0.4, -0.2) is 19.6 Å². The molecule has 6 rings (SSSR count). The second-order valence-corrected chi connectivity index (χ2v) is 13.2. The van der Waals surface area contributed by atoms with E-state index < -0.39 is 0 Å². The van der Waals surface area contributed by atoms with E-state index in [1.165, 1.54) is 44.3 Å².